The first kappa shape index (κ1) is 15.0. The van der Waals surface area contributed by atoms with Crippen LogP contribution < -0.4 is 10.1 Å². The molecule has 2 rings (SSSR count). The van der Waals surface area contributed by atoms with Crippen LogP contribution in [0.4, 0.5) is 5.69 Å². The zero-order valence-corrected chi connectivity index (χ0v) is 11.9. The molecular weight excluding hydrogens is 268 g/mol. The average Bonchev–Trinajstić information content (AvgIpc) is 2.49. The number of aryl methyl sites for hydroxylation is 1. The molecule has 0 radical (unpaired) electrons. The van der Waals surface area contributed by atoms with Crippen molar-refractivity contribution in [3.8, 4) is 5.75 Å². The molecule has 0 atom stereocenters. The first-order valence-corrected chi connectivity index (χ1v) is 6.79. The number of nitrogens with one attached hydrogen (secondary N) is 1. The van der Waals surface area contributed by atoms with Gasteiger partial charge in [-0.05, 0) is 30.2 Å². The van der Waals surface area contributed by atoms with E-state index in [1.165, 1.54) is 23.3 Å². The summed E-state index contributed by atoms with van der Waals surface area (Å²) in [5.41, 5.74) is 2.61. The van der Waals surface area contributed by atoms with E-state index >= 15 is 0 Å². The first-order chi connectivity index (χ1) is 10.2. The lowest BCUT2D eigenvalue weighted by Gasteiger charge is -2.09. The van der Waals surface area contributed by atoms with Gasteiger partial charge in [0.15, 0.2) is 0 Å². The van der Waals surface area contributed by atoms with Crippen LogP contribution in [0.25, 0.3) is 0 Å². The highest BCUT2D eigenvalue weighted by Gasteiger charge is 2.04. The van der Waals surface area contributed by atoms with Gasteiger partial charge in [0.1, 0.15) is 12.4 Å². The number of ether oxygens (including phenoxy) is 1. The maximum Gasteiger partial charge on any atom is 0.269 e. The molecule has 0 amide bonds. The van der Waals surface area contributed by atoms with Gasteiger partial charge in [0.05, 0.1) is 4.92 Å². The van der Waals surface area contributed by atoms with E-state index in [0.29, 0.717) is 18.9 Å². The fraction of sp³-hybridized carbons (Fsp3) is 0.250. The van der Waals surface area contributed by atoms with Gasteiger partial charge >= 0.3 is 0 Å². The van der Waals surface area contributed by atoms with Gasteiger partial charge in [-0.1, -0.05) is 24.3 Å². The molecule has 0 saturated carbocycles. The van der Waals surface area contributed by atoms with Gasteiger partial charge in [-0.25, -0.2) is 0 Å². The molecule has 110 valence electrons. The van der Waals surface area contributed by atoms with Crippen molar-refractivity contribution in [2.24, 2.45) is 0 Å². The lowest BCUT2D eigenvalue weighted by molar-refractivity contribution is -0.384. The SMILES string of the molecule is Cc1ccccc1CNCCOc1ccc([N+](=O)[O-])cc1. The van der Waals surface area contributed by atoms with Crippen LogP contribution in [-0.2, 0) is 6.54 Å². The van der Waals surface area contributed by atoms with Gasteiger partial charge in [-0.2, -0.15) is 0 Å². The number of nitrogens with zero attached hydrogens (tertiary/aromatic N) is 1. The number of rotatable bonds is 7. The number of benzene rings is 2. The zero-order valence-electron chi connectivity index (χ0n) is 11.9. The van der Waals surface area contributed by atoms with E-state index < -0.39 is 4.92 Å². The summed E-state index contributed by atoms with van der Waals surface area (Å²) in [5.74, 6) is 0.637. The van der Waals surface area contributed by atoms with Crippen molar-refractivity contribution in [2.45, 2.75) is 13.5 Å². The predicted octanol–water partition coefficient (Wildman–Crippen LogP) is 3.07. The summed E-state index contributed by atoms with van der Waals surface area (Å²) in [7, 11) is 0. The second-order valence-electron chi connectivity index (χ2n) is 4.70. The third kappa shape index (κ3) is 4.57. The number of hydrogen-bond donors (Lipinski definition) is 1. The van der Waals surface area contributed by atoms with E-state index in [-0.39, 0.29) is 5.69 Å². The van der Waals surface area contributed by atoms with Crippen molar-refractivity contribution in [3.63, 3.8) is 0 Å². The monoisotopic (exact) mass is 286 g/mol. The average molecular weight is 286 g/mol. The molecule has 0 bridgehead atoms. The molecule has 5 nitrogen and oxygen atoms in total. The number of non-ortho nitro benzene ring substituents is 1. The maximum absolute atomic E-state index is 10.5. The van der Waals surface area contributed by atoms with E-state index in [1.54, 1.807) is 12.1 Å². The summed E-state index contributed by atoms with van der Waals surface area (Å²) in [6.07, 6.45) is 0. The highest BCUT2D eigenvalue weighted by molar-refractivity contribution is 5.35. The normalized spacial score (nSPS) is 10.3. The summed E-state index contributed by atoms with van der Waals surface area (Å²) in [6, 6.07) is 14.3. The smallest absolute Gasteiger partial charge is 0.269 e. The quantitative estimate of drug-likeness (QED) is 0.482. The lowest BCUT2D eigenvalue weighted by Crippen LogP contribution is -2.21. The molecule has 0 unspecified atom stereocenters. The molecule has 0 aliphatic heterocycles. The Hall–Kier alpha value is -2.40. The zero-order chi connectivity index (χ0) is 15.1. The summed E-state index contributed by atoms with van der Waals surface area (Å²) in [5, 5.41) is 13.8. The second-order valence-corrected chi connectivity index (χ2v) is 4.70. The van der Waals surface area contributed by atoms with Crippen molar-refractivity contribution in [3.05, 3.63) is 69.8 Å². The van der Waals surface area contributed by atoms with Crippen LogP contribution in [-0.4, -0.2) is 18.1 Å². The largest absolute Gasteiger partial charge is 0.492 e. The standard InChI is InChI=1S/C16H18N2O3/c1-13-4-2-3-5-14(13)12-17-10-11-21-16-8-6-15(7-9-16)18(19)20/h2-9,17H,10-12H2,1H3. The van der Waals surface area contributed by atoms with Crippen molar-refractivity contribution in [1.82, 2.24) is 5.32 Å². The lowest BCUT2D eigenvalue weighted by atomic mass is 10.1. The molecule has 21 heavy (non-hydrogen) atoms. The van der Waals surface area contributed by atoms with Crippen molar-refractivity contribution in [2.75, 3.05) is 13.2 Å². The Morgan fingerprint density at radius 1 is 1.14 bits per heavy atom. The van der Waals surface area contributed by atoms with Crippen LogP contribution in [0.5, 0.6) is 5.75 Å². The molecule has 2 aromatic carbocycles. The molecule has 0 aromatic heterocycles. The van der Waals surface area contributed by atoms with Crippen molar-refractivity contribution >= 4 is 5.69 Å². The topological polar surface area (TPSA) is 64.4 Å². The molecule has 0 aliphatic carbocycles. The predicted molar refractivity (Wildman–Crippen MR) is 81.5 cm³/mol. The summed E-state index contributed by atoms with van der Waals surface area (Å²) >= 11 is 0. The Bertz CT molecular complexity index is 597. The van der Waals surface area contributed by atoms with Gasteiger partial charge in [0.25, 0.3) is 5.69 Å². The van der Waals surface area contributed by atoms with Gasteiger partial charge in [0, 0.05) is 25.2 Å². The van der Waals surface area contributed by atoms with E-state index in [2.05, 4.69) is 24.4 Å². The minimum Gasteiger partial charge on any atom is -0.492 e. The molecule has 2 aromatic rings. The third-order valence-corrected chi connectivity index (χ3v) is 3.17. The molecule has 0 saturated heterocycles. The Labute approximate surface area is 123 Å². The molecule has 5 heteroatoms. The Morgan fingerprint density at radius 2 is 1.86 bits per heavy atom. The van der Waals surface area contributed by atoms with E-state index in [4.69, 9.17) is 4.74 Å². The highest BCUT2D eigenvalue weighted by atomic mass is 16.6. The number of nitro groups is 1. The molecule has 0 aliphatic rings. The number of nitro benzene ring substituents is 1. The first-order valence-electron chi connectivity index (χ1n) is 6.79. The van der Waals surface area contributed by atoms with Crippen LogP contribution >= 0.6 is 0 Å². The van der Waals surface area contributed by atoms with E-state index in [0.717, 1.165) is 6.54 Å². The minimum atomic E-state index is -0.423. The summed E-state index contributed by atoms with van der Waals surface area (Å²) in [4.78, 5) is 10.1. The maximum atomic E-state index is 10.5. The minimum absolute atomic E-state index is 0.0695. The van der Waals surface area contributed by atoms with Crippen LogP contribution in [0.3, 0.4) is 0 Å². The van der Waals surface area contributed by atoms with E-state index in [9.17, 15) is 10.1 Å². The fourth-order valence-electron chi connectivity index (χ4n) is 1.94. The number of hydrogen-bond acceptors (Lipinski definition) is 4. The van der Waals surface area contributed by atoms with Crippen LogP contribution in [0.1, 0.15) is 11.1 Å². The fourth-order valence-corrected chi connectivity index (χ4v) is 1.94. The molecule has 0 fully saturated rings. The van der Waals surface area contributed by atoms with Gasteiger partial charge < -0.3 is 10.1 Å². The summed E-state index contributed by atoms with van der Waals surface area (Å²) in [6.45, 7) is 4.12. The van der Waals surface area contributed by atoms with Crippen molar-refractivity contribution < 1.29 is 9.66 Å². The van der Waals surface area contributed by atoms with Gasteiger partial charge in [-0.3, -0.25) is 10.1 Å². The Balaban J connectivity index is 1.70. The second kappa shape index (κ2) is 7.40. The summed E-state index contributed by atoms with van der Waals surface area (Å²) < 4.78 is 5.52. The van der Waals surface area contributed by atoms with Crippen LogP contribution in [0.2, 0.25) is 0 Å². The van der Waals surface area contributed by atoms with Crippen LogP contribution in [0, 0.1) is 17.0 Å². The molecule has 0 heterocycles. The van der Waals surface area contributed by atoms with Crippen LogP contribution in [0.15, 0.2) is 48.5 Å². The van der Waals surface area contributed by atoms with E-state index in [1.807, 2.05) is 12.1 Å². The Morgan fingerprint density at radius 3 is 2.52 bits per heavy atom. The van der Waals surface area contributed by atoms with Crippen molar-refractivity contribution in [1.29, 1.82) is 0 Å². The van der Waals surface area contributed by atoms with Gasteiger partial charge in [0.2, 0.25) is 0 Å². The third-order valence-electron chi connectivity index (χ3n) is 3.17. The molecule has 1 N–H and O–H groups in total. The molecular formula is C16H18N2O3. The molecule has 0 spiro atoms. The highest BCUT2D eigenvalue weighted by Crippen LogP contribution is 2.16. The van der Waals surface area contributed by atoms with Gasteiger partial charge in [-0.15, -0.1) is 0 Å². The Kier molecular flexibility index (Phi) is 5.29.